The lowest BCUT2D eigenvalue weighted by atomic mass is 9.81. The van der Waals surface area contributed by atoms with Gasteiger partial charge in [0.2, 0.25) is 11.8 Å². The highest BCUT2D eigenvalue weighted by Gasteiger charge is 2.41. The molecule has 1 fully saturated rings. The summed E-state index contributed by atoms with van der Waals surface area (Å²) >= 11 is 0. The molecule has 6 nitrogen and oxygen atoms in total. The Balaban J connectivity index is 2.77. The van der Waals surface area contributed by atoms with Crippen LogP contribution in [0.2, 0.25) is 0 Å². The van der Waals surface area contributed by atoms with Crippen LogP contribution in [0.4, 0.5) is 0 Å². The van der Waals surface area contributed by atoms with Crippen LogP contribution in [0, 0.1) is 17.8 Å². The maximum Gasteiger partial charge on any atom is 0.314 e. The third-order valence-corrected chi connectivity index (χ3v) is 3.27. The second-order valence-corrected chi connectivity index (χ2v) is 5.27. The number of hydrogen-bond donors (Lipinski definition) is 2. The van der Waals surface area contributed by atoms with Gasteiger partial charge in [0.1, 0.15) is 11.7 Å². The summed E-state index contributed by atoms with van der Waals surface area (Å²) in [6.07, 6.45) is 0.939. The first kappa shape index (κ1) is 15.3. The molecule has 1 rings (SSSR count). The minimum atomic E-state index is -1.34. The largest absolute Gasteiger partial charge is 0.481 e. The Morgan fingerprint density at radius 2 is 2.00 bits per heavy atom. The molecular formula is C13H19NO5. The summed E-state index contributed by atoms with van der Waals surface area (Å²) in [6, 6.07) is 0. The van der Waals surface area contributed by atoms with E-state index in [1.807, 2.05) is 13.8 Å². The lowest BCUT2D eigenvalue weighted by molar-refractivity contribution is -0.155. The average Bonchev–Trinajstić information content (AvgIpc) is 2.29. The highest BCUT2D eigenvalue weighted by Crippen LogP contribution is 2.25. The molecule has 0 aliphatic carbocycles. The zero-order chi connectivity index (χ0) is 14.6. The molecule has 2 amide bonds. The van der Waals surface area contributed by atoms with E-state index in [2.05, 4.69) is 5.32 Å². The molecule has 2 atom stereocenters. The molecule has 1 saturated heterocycles. The van der Waals surface area contributed by atoms with Crippen molar-refractivity contribution in [2.45, 2.75) is 39.5 Å². The standard InChI is InChI=1S/C13H19NO5/c1-7(2)3-5-9(15)11(13(18)19)8-4-6-10(16)14-12(8)17/h7-8,11H,3-6H2,1-2H3,(H,18,19)(H,14,16,17). The number of hydrogen-bond acceptors (Lipinski definition) is 4. The molecule has 0 saturated carbocycles. The van der Waals surface area contributed by atoms with Crippen LogP contribution < -0.4 is 5.32 Å². The van der Waals surface area contributed by atoms with Gasteiger partial charge in [-0.2, -0.15) is 0 Å². The Bertz CT molecular complexity index is 402. The van der Waals surface area contributed by atoms with Gasteiger partial charge in [-0.05, 0) is 18.8 Å². The molecule has 2 unspecified atom stereocenters. The molecule has 0 aromatic rings. The van der Waals surface area contributed by atoms with Crippen molar-refractivity contribution in [2.75, 3.05) is 0 Å². The van der Waals surface area contributed by atoms with Gasteiger partial charge in [0, 0.05) is 12.8 Å². The molecule has 1 aliphatic heterocycles. The first-order valence-electron chi connectivity index (χ1n) is 6.42. The van der Waals surface area contributed by atoms with Crippen molar-refractivity contribution >= 4 is 23.6 Å². The monoisotopic (exact) mass is 269 g/mol. The van der Waals surface area contributed by atoms with Gasteiger partial charge in [-0.1, -0.05) is 13.8 Å². The number of nitrogens with one attached hydrogen (secondary N) is 1. The van der Waals surface area contributed by atoms with Crippen LogP contribution in [0.15, 0.2) is 0 Å². The summed E-state index contributed by atoms with van der Waals surface area (Å²) in [6.45, 7) is 3.88. The highest BCUT2D eigenvalue weighted by atomic mass is 16.4. The highest BCUT2D eigenvalue weighted by molar-refractivity contribution is 6.06. The molecule has 6 heteroatoms. The molecule has 0 bridgehead atoms. The number of aliphatic carboxylic acids is 1. The molecule has 1 heterocycles. The maximum atomic E-state index is 12.0. The first-order chi connectivity index (χ1) is 8.82. The van der Waals surface area contributed by atoms with Crippen molar-refractivity contribution in [3.63, 3.8) is 0 Å². The molecular weight excluding hydrogens is 250 g/mol. The number of carboxylic acid groups (broad SMARTS) is 1. The Labute approximate surface area is 111 Å². The van der Waals surface area contributed by atoms with Gasteiger partial charge >= 0.3 is 5.97 Å². The SMILES string of the molecule is CC(C)CCC(=O)C(C(=O)O)C1CCC(=O)NC1=O. The van der Waals surface area contributed by atoms with Crippen molar-refractivity contribution in [1.82, 2.24) is 5.32 Å². The van der Waals surface area contributed by atoms with Crippen molar-refractivity contribution < 1.29 is 24.3 Å². The number of amides is 2. The van der Waals surface area contributed by atoms with Crippen molar-refractivity contribution in [3.8, 4) is 0 Å². The summed E-state index contributed by atoms with van der Waals surface area (Å²) in [4.78, 5) is 45.9. The zero-order valence-corrected chi connectivity index (χ0v) is 11.1. The molecule has 0 aromatic carbocycles. The number of imide groups is 1. The normalized spacial score (nSPS) is 21.1. The lowest BCUT2D eigenvalue weighted by Gasteiger charge is -2.25. The third-order valence-electron chi connectivity index (χ3n) is 3.27. The number of piperidine rings is 1. The van der Waals surface area contributed by atoms with Crippen LogP contribution in [0.5, 0.6) is 0 Å². The van der Waals surface area contributed by atoms with Crippen molar-refractivity contribution in [2.24, 2.45) is 17.8 Å². The maximum absolute atomic E-state index is 12.0. The number of rotatable bonds is 6. The lowest BCUT2D eigenvalue weighted by Crippen LogP contribution is -2.47. The molecule has 106 valence electrons. The van der Waals surface area contributed by atoms with Crippen LogP contribution in [-0.2, 0) is 19.2 Å². The van der Waals surface area contributed by atoms with E-state index >= 15 is 0 Å². The van der Waals surface area contributed by atoms with Crippen LogP contribution in [0.3, 0.4) is 0 Å². The van der Waals surface area contributed by atoms with Crippen LogP contribution in [-0.4, -0.2) is 28.7 Å². The second kappa shape index (κ2) is 6.45. The quantitative estimate of drug-likeness (QED) is 0.547. The smallest absolute Gasteiger partial charge is 0.314 e. The number of carbonyl (C=O) groups is 4. The van der Waals surface area contributed by atoms with E-state index < -0.39 is 35.4 Å². The number of ketones is 1. The first-order valence-corrected chi connectivity index (χ1v) is 6.42. The van der Waals surface area contributed by atoms with E-state index in [9.17, 15) is 19.2 Å². The van der Waals surface area contributed by atoms with Crippen LogP contribution in [0.1, 0.15) is 39.5 Å². The predicted molar refractivity (Wildman–Crippen MR) is 66.1 cm³/mol. The predicted octanol–water partition coefficient (Wildman–Crippen LogP) is 0.745. The third kappa shape index (κ3) is 4.15. The van der Waals surface area contributed by atoms with Gasteiger partial charge < -0.3 is 5.11 Å². The molecule has 0 radical (unpaired) electrons. The van der Waals surface area contributed by atoms with Gasteiger partial charge in [-0.25, -0.2) is 0 Å². The Kier molecular flexibility index (Phi) is 5.20. The number of carbonyl (C=O) groups excluding carboxylic acids is 3. The van der Waals surface area contributed by atoms with E-state index in [1.54, 1.807) is 0 Å². The van der Waals surface area contributed by atoms with Crippen LogP contribution in [0.25, 0.3) is 0 Å². The minimum absolute atomic E-state index is 0.0810. The van der Waals surface area contributed by atoms with Crippen molar-refractivity contribution in [1.29, 1.82) is 0 Å². The molecule has 19 heavy (non-hydrogen) atoms. The van der Waals surface area contributed by atoms with Gasteiger partial charge in [-0.3, -0.25) is 24.5 Å². The fraction of sp³-hybridized carbons (Fsp3) is 0.692. The zero-order valence-electron chi connectivity index (χ0n) is 11.1. The van der Waals surface area contributed by atoms with E-state index in [-0.39, 0.29) is 19.3 Å². The van der Waals surface area contributed by atoms with E-state index in [4.69, 9.17) is 5.11 Å². The number of carboxylic acids is 1. The fourth-order valence-electron chi connectivity index (χ4n) is 2.15. The fourth-order valence-corrected chi connectivity index (χ4v) is 2.15. The Morgan fingerprint density at radius 1 is 1.37 bits per heavy atom. The average molecular weight is 269 g/mol. The summed E-state index contributed by atoms with van der Waals surface area (Å²) in [5.41, 5.74) is 0. The van der Waals surface area contributed by atoms with Crippen molar-refractivity contribution in [3.05, 3.63) is 0 Å². The molecule has 0 spiro atoms. The summed E-state index contributed by atoms with van der Waals surface area (Å²) in [7, 11) is 0. The summed E-state index contributed by atoms with van der Waals surface area (Å²) in [5, 5.41) is 11.3. The summed E-state index contributed by atoms with van der Waals surface area (Å²) < 4.78 is 0. The second-order valence-electron chi connectivity index (χ2n) is 5.27. The molecule has 1 aliphatic rings. The van der Waals surface area contributed by atoms with Crippen LogP contribution >= 0.6 is 0 Å². The van der Waals surface area contributed by atoms with Gasteiger partial charge in [0.25, 0.3) is 0 Å². The summed E-state index contributed by atoms with van der Waals surface area (Å²) in [5.74, 6) is -4.78. The van der Waals surface area contributed by atoms with Gasteiger partial charge in [0.15, 0.2) is 0 Å². The Hall–Kier alpha value is -1.72. The Morgan fingerprint density at radius 3 is 2.47 bits per heavy atom. The molecule has 2 N–H and O–H groups in total. The number of Topliss-reactive ketones (excluding diaryl/α,β-unsaturated/α-hetero) is 1. The minimum Gasteiger partial charge on any atom is -0.481 e. The van der Waals surface area contributed by atoms with Gasteiger partial charge in [-0.15, -0.1) is 0 Å². The van der Waals surface area contributed by atoms with Gasteiger partial charge in [0.05, 0.1) is 5.92 Å². The van der Waals surface area contributed by atoms with E-state index in [0.717, 1.165) is 0 Å². The van der Waals surface area contributed by atoms with E-state index in [0.29, 0.717) is 12.3 Å². The topological polar surface area (TPSA) is 101 Å². The van der Waals surface area contributed by atoms with E-state index in [1.165, 1.54) is 0 Å². The molecule has 0 aromatic heterocycles.